The third-order valence-corrected chi connectivity index (χ3v) is 3.02. The molecule has 1 rings (SSSR count). The smallest absolute Gasteiger partial charge is 0.120 e. The van der Waals surface area contributed by atoms with Crippen molar-refractivity contribution in [1.82, 2.24) is 0 Å². The van der Waals surface area contributed by atoms with E-state index in [0.29, 0.717) is 0 Å². The molecule has 0 aromatic heterocycles. The zero-order chi connectivity index (χ0) is 7.40. The van der Waals surface area contributed by atoms with E-state index in [1.165, 1.54) is 0 Å². The van der Waals surface area contributed by atoms with Crippen LogP contribution >= 0.6 is 7.77 Å². The summed E-state index contributed by atoms with van der Waals surface area (Å²) in [6.45, 7) is 1.96. The summed E-state index contributed by atoms with van der Waals surface area (Å²) in [4.78, 5) is 11.2. The Kier molecular flexibility index (Phi) is 2.85. The van der Waals surface area contributed by atoms with Crippen molar-refractivity contribution in [3.8, 4) is 0 Å². The third kappa shape index (κ3) is 1.80. The first-order valence-corrected chi connectivity index (χ1v) is 4.92. The average Bonchev–Trinajstić information content (AvgIpc) is 2.05. The van der Waals surface area contributed by atoms with Gasteiger partial charge in [-0.3, -0.25) is 0 Å². The highest BCUT2D eigenvalue weighted by Crippen LogP contribution is 2.17. The van der Waals surface area contributed by atoms with Crippen LogP contribution in [0.5, 0.6) is 0 Å². The number of allylic oxidation sites excluding steroid dienone is 4. The minimum atomic E-state index is -1.07. The van der Waals surface area contributed by atoms with Gasteiger partial charge in [0.25, 0.3) is 0 Å². The molecule has 2 heteroatoms. The molecule has 1 unspecified atom stereocenters. The van der Waals surface area contributed by atoms with E-state index in [0.717, 1.165) is 17.9 Å². The van der Waals surface area contributed by atoms with E-state index >= 15 is 0 Å². The topological polar surface area (TPSA) is 23.1 Å². The van der Waals surface area contributed by atoms with Gasteiger partial charge in [-0.25, -0.2) is 0 Å². The lowest BCUT2D eigenvalue weighted by molar-refractivity contribution is -0.152. The second-order valence-corrected chi connectivity index (χ2v) is 4.14. The lowest BCUT2D eigenvalue weighted by atomic mass is 10.2. The Morgan fingerprint density at radius 3 is 2.90 bits per heavy atom. The molecule has 0 aromatic carbocycles. The van der Waals surface area contributed by atoms with Gasteiger partial charge in [0.2, 0.25) is 0 Å². The maximum absolute atomic E-state index is 11.2. The molecule has 0 fully saturated rings. The van der Waals surface area contributed by atoms with Gasteiger partial charge in [0, 0.05) is 6.42 Å². The summed E-state index contributed by atoms with van der Waals surface area (Å²) in [6.07, 6.45) is 9.58. The Morgan fingerprint density at radius 2 is 2.40 bits per heavy atom. The van der Waals surface area contributed by atoms with Crippen molar-refractivity contribution in [3.05, 3.63) is 24.3 Å². The highest BCUT2D eigenvalue weighted by atomic mass is 31.1. The predicted octanol–water partition coefficient (Wildman–Crippen LogP) is 1.45. The molecule has 1 nitrogen and oxygen atoms in total. The molecule has 1 aliphatic rings. The van der Waals surface area contributed by atoms with E-state index in [1.54, 1.807) is 0 Å². The fourth-order valence-electron chi connectivity index (χ4n) is 0.890. The highest BCUT2D eigenvalue weighted by molar-refractivity contribution is 7.52. The number of hydrogen-bond donors (Lipinski definition) is 0. The third-order valence-electron chi connectivity index (χ3n) is 1.47. The van der Waals surface area contributed by atoms with Gasteiger partial charge in [-0.15, -0.1) is 0 Å². The van der Waals surface area contributed by atoms with E-state index in [9.17, 15) is 4.89 Å². The van der Waals surface area contributed by atoms with E-state index in [4.69, 9.17) is 0 Å². The van der Waals surface area contributed by atoms with Crippen LogP contribution in [0.15, 0.2) is 24.3 Å². The van der Waals surface area contributed by atoms with E-state index in [-0.39, 0.29) is 0 Å². The Bertz CT molecular complexity index is 201. The fraction of sp³-hybridized carbons (Fsp3) is 0.375. The molecule has 1 aliphatic carbocycles. The van der Waals surface area contributed by atoms with E-state index in [1.807, 2.05) is 31.2 Å². The lowest BCUT2D eigenvalue weighted by Gasteiger charge is -2.01. The molecule has 0 saturated carbocycles. The summed E-state index contributed by atoms with van der Waals surface area (Å²) in [7, 11) is -1.07. The zero-order valence-corrected chi connectivity index (χ0v) is 6.97. The van der Waals surface area contributed by atoms with Crippen LogP contribution in [0.25, 0.3) is 0 Å². The Hall–Kier alpha value is -0.390. The van der Waals surface area contributed by atoms with Crippen molar-refractivity contribution in [2.45, 2.75) is 13.3 Å². The van der Waals surface area contributed by atoms with E-state index in [2.05, 4.69) is 0 Å². The SMILES string of the molecule is CC[P+]([O-])=C1C=CC=CC1. The largest absolute Gasteiger partial charge is 0.630 e. The number of hydrogen-bond acceptors (Lipinski definition) is 1. The molecule has 0 heterocycles. The molecule has 0 spiro atoms. The first kappa shape index (κ1) is 7.71. The summed E-state index contributed by atoms with van der Waals surface area (Å²) in [5.41, 5.74) is 0. The van der Waals surface area contributed by atoms with Crippen LogP contribution in [0.3, 0.4) is 0 Å². The maximum atomic E-state index is 11.2. The minimum Gasteiger partial charge on any atom is -0.630 e. The van der Waals surface area contributed by atoms with Gasteiger partial charge in [0.05, 0.1) is 13.9 Å². The minimum absolute atomic E-state index is 0.767. The highest BCUT2D eigenvalue weighted by Gasteiger charge is 2.03. The van der Waals surface area contributed by atoms with Gasteiger partial charge in [-0.1, -0.05) is 18.2 Å². The van der Waals surface area contributed by atoms with Crippen molar-refractivity contribution in [3.63, 3.8) is 0 Å². The van der Waals surface area contributed by atoms with Gasteiger partial charge in [0.1, 0.15) is 5.29 Å². The van der Waals surface area contributed by atoms with Crippen LogP contribution in [-0.4, -0.2) is 11.5 Å². The normalized spacial score (nSPS) is 21.4. The molecule has 0 amide bonds. The van der Waals surface area contributed by atoms with Crippen molar-refractivity contribution in [1.29, 1.82) is 0 Å². The van der Waals surface area contributed by atoms with Crippen molar-refractivity contribution >= 4 is 13.1 Å². The molecule has 0 bridgehead atoms. The molecule has 54 valence electrons. The lowest BCUT2D eigenvalue weighted by Crippen LogP contribution is -2.01. The quantitative estimate of drug-likeness (QED) is 0.524. The molecule has 0 aromatic rings. The molecule has 0 aliphatic heterocycles. The molecule has 0 saturated heterocycles. The molecule has 1 atom stereocenters. The summed E-state index contributed by atoms with van der Waals surface area (Å²) in [6, 6.07) is 0. The van der Waals surface area contributed by atoms with E-state index < -0.39 is 7.77 Å². The standard InChI is InChI=1S/C8H11OP/c1-2-10(9)8-6-4-3-5-7-8/h3-6H,2,7H2,1H3. The molecule has 10 heavy (non-hydrogen) atoms. The Balaban J connectivity index is 2.74. The molecule has 0 radical (unpaired) electrons. The summed E-state index contributed by atoms with van der Waals surface area (Å²) < 4.78 is 0. The van der Waals surface area contributed by atoms with Gasteiger partial charge >= 0.3 is 0 Å². The van der Waals surface area contributed by atoms with Crippen LogP contribution in [0.4, 0.5) is 0 Å². The first-order chi connectivity index (χ1) is 4.84. The predicted molar refractivity (Wildman–Crippen MR) is 45.4 cm³/mol. The van der Waals surface area contributed by atoms with Gasteiger partial charge in [0.15, 0.2) is 0 Å². The van der Waals surface area contributed by atoms with Crippen LogP contribution < -0.4 is 4.89 Å². The second-order valence-electron chi connectivity index (χ2n) is 2.18. The number of rotatable bonds is 1. The first-order valence-electron chi connectivity index (χ1n) is 3.48. The zero-order valence-electron chi connectivity index (χ0n) is 6.08. The summed E-state index contributed by atoms with van der Waals surface area (Å²) in [5.74, 6) is 0. The van der Waals surface area contributed by atoms with Crippen molar-refractivity contribution in [2.75, 3.05) is 6.16 Å². The van der Waals surface area contributed by atoms with Crippen LogP contribution in [0.1, 0.15) is 13.3 Å². The second kappa shape index (κ2) is 3.70. The van der Waals surface area contributed by atoms with Crippen LogP contribution in [0.2, 0.25) is 0 Å². The van der Waals surface area contributed by atoms with Crippen LogP contribution in [-0.2, 0) is 0 Å². The van der Waals surface area contributed by atoms with Gasteiger partial charge in [-0.2, -0.15) is 0 Å². The molecule has 0 N–H and O–H groups in total. The summed E-state index contributed by atoms with van der Waals surface area (Å²) >= 11 is 0. The molecular formula is C8H11OP. The summed E-state index contributed by atoms with van der Waals surface area (Å²) in [5, 5.41) is 1.08. The van der Waals surface area contributed by atoms with Crippen molar-refractivity contribution < 1.29 is 4.89 Å². The van der Waals surface area contributed by atoms with Gasteiger partial charge < -0.3 is 4.89 Å². The monoisotopic (exact) mass is 154 g/mol. The average molecular weight is 154 g/mol. The van der Waals surface area contributed by atoms with Crippen molar-refractivity contribution in [2.24, 2.45) is 0 Å². The molecular weight excluding hydrogens is 143 g/mol. The fourth-order valence-corrected chi connectivity index (χ4v) is 1.86. The van der Waals surface area contributed by atoms with Gasteiger partial charge in [-0.05, 0) is 13.0 Å². The van der Waals surface area contributed by atoms with Crippen LogP contribution in [0, 0.1) is 0 Å². The Morgan fingerprint density at radius 1 is 1.60 bits per heavy atom. The maximum Gasteiger partial charge on any atom is 0.120 e. The Labute approximate surface area is 62.5 Å².